The number of para-hydroxylation sites is 4. The third-order valence-electron chi connectivity index (χ3n) is 3.36. The number of nitrogens with two attached hydrogens (primary N) is 2. The van der Waals surface area contributed by atoms with Gasteiger partial charge < -0.3 is 22.1 Å². The highest BCUT2D eigenvalue weighted by Crippen LogP contribution is 2.26. The van der Waals surface area contributed by atoms with Crippen LogP contribution in [0.4, 0.5) is 34.1 Å². The van der Waals surface area contributed by atoms with Crippen LogP contribution >= 0.6 is 0 Å². The lowest BCUT2D eigenvalue weighted by Gasteiger charge is -2.11. The van der Waals surface area contributed by atoms with Crippen molar-refractivity contribution < 1.29 is 0 Å². The molecule has 0 atom stereocenters. The Balaban J connectivity index is 1.73. The first-order valence-corrected chi connectivity index (χ1v) is 7.05. The molecule has 0 spiro atoms. The van der Waals surface area contributed by atoms with Crippen molar-refractivity contribution in [1.29, 1.82) is 0 Å². The molecule has 0 aliphatic carbocycles. The summed E-state index contributed by atoms with van der Waals surface area (Å²) >= 11 is 0. The van der Waals surface area contributed by atoms with Gasteiger partial charge in [-0.15, -0.1) is 0 Å². The second-order valence-corrected chi connectivity index (χ2v) is 5.00. The van der Waals surface area contributed by atoms with Crippen LogP contribution < -0.4 is 22.1 Å². The van der Waals surface area contributed by atoms with Gasteiger partial charge in [-0.3, -0.25) is 0 Å². The molecule has 0 heterocycles. The van der Waals surface area contributed by atoms with Gasteiger partial charge >= 0.3 is 0 Å². The Morgan fingerprint density at radius 3 is 1.23 bits per heavy atom. The average Bonchev–Trinajstić information content (AvgIpc) is 2.54. The molecule has 110 valence electrons. The van der Waals surface area contributed by atoms with E-state index in [2.05, 4.69) is 10.6 Å². The third-order valence-corrected chi connectivity index (χ3v) is 3.36. The standard InChI is InChI=1S/C18H18N4/c19-15-5-1-3-7-17(15)21-13-9-11-14(12-10-13)22-18-8-4-2-6-16(18)20/h1-12,21-22H,19-20H2. The number of nitrogen functional groups attached to an aromatic ring is 2. The van der Waals surface area contributed by atoms with Crippen LogP contribution in [0.5, 0.6) is 0 Å². The Kier molecular flexibility index (Phi) is 3.83. The Morgan fingerprint density at radius 2 is 0.864 bits per heavy atom. The van der Waals surface area contributed by atoms with E-state index < -0.39 is 0 Å². The van der Waals surface area contributed by atoms with Crippen molar-refractivity contribution >= 4 is 34.1 Å². The van der Waals surface area contributed by atoms with E-state index in [9.17, 15) is 0 Å². The lowest BCUT2D eigenvalue weighted by molar-refractivity contribution is 1.51. The normalized spacial score (nSPS) is 10.2. The largest absolute Gasteiger partial charge is 0.397 e. The van der Waals surface area contributed by atoms with Gasteiger partial charge in [-0.05, 0) is 48.5 Å². The zero-order valence-corrected chi connectivity index (χ0v) is 12.1. The lowest BCUT2D eigenvalue weighted by Crippen LogP contribution is -1.97. The molecule has 3 aromatic carbocycles. The van der Waals surface area contributed by atoms with Gasteiger partial charge in [0, 0.05) is 11.4 Å². The van der Waals surface area contributed by atoms with Crippen LogP contribution in [0.1, 0.15) is 0 Å². The van der Waals surface area contributed by atoms with E-state index in [1.807, 2.05) is 72.8 Å². The topological polar surface area (TPSA) is 76.1 Å². The zero-order valence-electron chi connectivity index (χ0n) is 12.1. The van der Waals surface area contributed by atoms with Crippen LogP contribution in [0, 0.1) is 0 Å². The molecule has 0 aliphatic rings. The van der Waals surface area contributed by atoms with Crippen molar-refractivity contribution in [3.63, 3.8) is 0 Å². The number of hydrogen-bond acceptors (Lipinski definition) is 4. The molecule has 6 N–H and O–H groups in total. The molecule has 0 bridgehead atoms. The van der Waals surface area contributed by atoms with Gasteiger partial charge in [-0.1, -0.05) is 24.3 Å². The maximum absolute atomic E-state index is 5.93. The molecule has 0 aliphatic heterocycles. The summed E-state index contributed by atoms with van der Waals surface area (Å²) in [5, 5.41) is 6.59. The highest BCUT2D eigenvalue weighted by Gasteiger charge is 2.01. The Labute approximate surface area is 129 Å². The van der Waals surface area contributed by atoms with Gasteiger partial charge in [0.2, 0.25) is 0 Å². The quantitative estimate of drug-likeness (QED) is 0.539. The SMILES string of the molecule is Nc1ccccc1Nc1ccc(Nc2ccccc2N)cc1. The predicted octanol–water partition coefficient (Wildman–Crippen LogP) is 4.34. The summed E-state index contributed by atoms with van der Waals surface area (Å²) in [6.07, 6.45) is 0. The smallest absolute Gasteiger partial charge is 0.0617 e. The molecule has 0 radical (unpaired) electrons. The molecule has 22 heavy (non-hydrogen) atoms. The second kappa shape index (κ2) is 6.10. The van der Waals surface area contributed by atoms with Gasteiger partial charge in [0.15, 0.2) is 0 Å². The summed E-state index contributed by atoms with van der Waals surface area (Å²) in [5.41, 5.74) is 17.1. The van der Waals surface area contributed by atoms with Gasteiger partial charge in [-0.25, -0.2) is 0 Å². The molecule has 0 amide bonds. The summed E-state index contributed by atoms with van der Waals surface area (Å²) in [6.45, 7) is 0. The fourth-order valence-corrected chi connectivity index (χ4v) is 2.17. The van der Waals surface area contributed by atoms with E-state index in [0.717, 1.165) is 34.1 Å². The van der Waals surface area contributed by atoms with E-state index in [0.29, 0.717) is 0 Å². The molecule has 3 rings (SSSR count). The van der Waals surface area contributed by atoms with Crippen molar-refractivity contribution in [3.8, 4) is 0 Å². The highest BCUT2D eigenvalue weighted by molar-refractivity contribution is 5.75. The number of anilines is 6. The average molecular weight is 290 g/mol. The first-order valence-electron chi connectivity index (χ1n) is 7.05. The van der Waals surface area contributed by atoms with Crippen molar-refractivity contribution in [2.45, 2.75) is 0 Å². The van der Waals surface area contributed by atoms with Gasteiger partial charge in [0.25, 0.3) is 0 Å². The minimum atomic E-state index is 0.724. The summed E-state index contributed by atoms with van der Waals surface area (Å²) in [6, 6.07) is 23.4. The predicted molar refractivity (Wildman–Crippen MR) is 94.7 cm³/mol. The van der Waals surface area contributed by atoms with Gasteiger partial charge in [-0.2, -0.15) is 0 Å². The van der Waals surface area contributed by atoms with Crippen LogP contribution in [0.15, 0.2) is 72.8 Å². The minimum Gasteiger partial charge on any atom is -0.397 e. The minimum absolute atomic E-state index is 0.724. The van der Waals surface area contributed by atoms with E-state index in [4.69, 9.17) is 11.5 Å². The van der Waals surface area contributed by atoms with Crippen molar-refractivity contribution in [1.82, 2.24) is 0 Å². The van der Waals surface area contributed by atoms with Gasteiger partial charge in [0.05, 0.1) is 22.7 Å². The van der Waals surface area contributed by atoms with E-state index in [-0.39, 0.29) is 0 Å². The Bertz CT molecular complexity index is 700. The molecule has 0 aromatic heterocycles. The van der Waals surface area contributed by atoms with Gasteiger partial charge in [0.1, 0.15) is 0 Å². The monoisotopic (exact) mass is 290 g/mol. The fourth-order valence-electron chi connectivity index (χ4n) is 2.17. The molecule has 0 saturated carbocycles. The first kappa shape index (κ1) is 13.8. The van der Waals surface area contributed by atoms with Crippen molar-refractivity contribution in [2.24, 2.45) is 0 Å². The Morgan fingerprint density at radius 1 is 0.500 bits per heavy atom. The lowest BCUT2D eigenvalue weighted by atomic mass is 10.2. The summed E-state index contributed by atoms with van der Waals surface area (Å²) in [7, 11) is 0. The number of rotatable bonds is 4. The van der Waals surface area contributed by atoms with Crippen LogP contribution in [0.2, 0.25) is 0 Å². The van der Waals surface area contributed by atoms with Crippen molar-refractivity contribution in [2.75, 3.05) is 22.1 Å². The summed E-state index contributed by atoms with van der Waals surface area (Å²) in [5.74, 6) is 0. The number of hydrogen-bond donors (Lipinski definition) is 4. The molecular formula is C18H18N4. The maximum Gasteiger partial charge on any atom is 0.0617 e. The highest BCUT2D eigenvalue weighted by atomic mass is 14.9. The van der Waals surface area contributed by atoms with Crippen LogP contribution in [-0.4, -0.2) is 0 Å². The zero-order chi connectivity index (χ0) is 15.4. The summed E-state index contributed by atoms with van der Waals surface area (Å²) in [4.78, 5) is 0. The molecular weight excluding hydrogens is 272 g/mol. The fraction of sp³-hybridized carbons (Fsp3) is 0. The molecule has 0 unspecified atom stereocenters. The number of nitrogens with one attached hydrogen (secondary N) is 2. The molecule has 3 aromatic rings. The molecule has 0 saturated heterocycles. The maximum atomic E-state index is 5.93. The van der Waals surface area contributed by atoms with Crippen LogP contribution in [0.3, 0.4) is 0 Å². The van der Waals surface area contributed by atoms with E-state index in [1.54, 1.807) is 0 Å². The van der Waals surface area contributed by atoms with E-state index >= 15 is 0 Å². The molecule has 4 nitrogen and oxygen atoms in total. The first-order chi connectivity index (χ1) is 10.7. The third kappa shape index (κ3) is 3.12. The Hall–Kier alpha value is -3.14. The second-order valence-electron chi connectivity index (χ2n) is 5.00. The van der Waals surface area contributed by atoms with Crippen molar-refractivity contribution in [3.05, 3.63) is 72.8 Å². The van der Waals surface area contributed by atoms with Crippen LogP contribution in [0.25, 0.3) is 0 Å². The summed E-state index contributed by atoms with van der Waals surface area (Å²) < 4.78 is 0. The molecule has 0 fully saturated rings. The van der Waals surface area contributed by atoms with E-state index in [1.165, 1.54) is 0 Å². The van der Waals surface area contributed by atoms with Crippen LogP contribution in [-0.2, 0) is 0 Å². The molecule has 4 heteroatoms. The number of benzene rings is 3.